The van der Waals surface area contributed by atoms with Crippen molar-refractivity contribution < 1.29 is 9.53 Å². The Kier molecular flexibility index (Phi) is 4.64. The number of nitrogens with zero attached hydrogens (tertiary/aromatic N) is 1. The van der Waals surface area contributed by atoms with Gasteiger partial charge in [-0.15, -0.1) is 0 Å². The maximum Gasteiger partial charge on any atom is 0.321 e. The molecule has 1 saturated heterocycles. The number of ether oxygens (including phenoxy) is 1. The van der Waals surface area contributed by atoms with Crippen LogP contribution in [0.2, 0.25) is 0 Å². The first kappa shape index (κ1) is 13.4. The normalized spacial score (nSPS) is 29.0. The van der Waals surface area contributed by atoms with Crippen molar-refractivity contribution in [2.75, 3.05) is 13.1 Å². The number of allylic oxidation sites excluding steroid dienone is 1. The van der Waals surface area contributed by atoms with E-state index in [0.717, 1.165) is 12.8 Å². The molecule has 102 valence electrons. The Morgan fingerprint density at radius 3 is 2.44 bits per heavy atom. The third-order valence-corrected chi connectivity index (χ3v) is 3.60. The number of carbonyl (C=O) groups excluding carboxylic acids is 1. The lowest BCUT2D eigenvalue weighted by Gasteiger charge is -2.35. The lowest BCUT2D eigenvalue weighted by atomic mass is 9.96. The first-order valence-corrected chi connectivity index (χ1v) is 7.04. The number of hydrogen-bond donors (Lipinski definition) is 1. The van der Waals surface area contributed by atoms with Gasteiger partial charge in [-0.05, 0) is 39.5 Å². The molecule has 1 N–H and O–H groups in total. The van der Waals surface area contributed by atoms with Gasteiger partial charge < -0.3 is 15.0 Å². The van der Waals surface area contributed by atoms with Gasteiger partial charge in [-0.2, -0.15) is 0 Å². The lowest BCUT2D eigenvalue weighted by Crippen LogP contribution is -2.50. The molecule has 0 aromatic rings. The molecule has 2 atom stereocenters. The second-order valence-electron chi connectivity index (χ2n) is 5.48. The molecule has 0 aromatic carbocycles. The molecule has 0 aromatic heterocycles. The van der Waals surface area contributed by atoms with Crippen LogP contribution in [0.3, 0.4) is 0 Å². The zero-order valence-electron chi connectivity index (χ0n) is 11.4. The van der Waals surface area contributed by atoms with Crippen LogP contribution in [-0.4, -0.2) is 36.2 Å². The van der Waals surface area contributed by atoms with Crippen LogP contribution in [0.1, 0.15) is 46.0 Å². The first-order valence-electron chi connectivity index (χ1n) is 7.04. The van der Waals surface area contributed by atoms with Crippen LogP contribution in [0.15, 0.2) is 11.8 Å². The number of rotatable bonds is 1. The summed E-state index contributed by atoms with van der Waals surface area (Å²) in [6.07, 6.45) is 8.28. The van der Waals surface area contributed by atoms with Crippen LogP contribution in [0.5, 0.6) is 0 Å². The van der Waals surface area contributed by atoms with Gasteiger partial charge in [0.1, 0.15) is 0 Å². The van der Waals surface area contributed by atoms with E-state index in [1.807, 2.05) is 24.9 Å². The highest BCUT2D eigenvalue weighted by Crippen LogP contribution is 2.21. The largest absolute Gasteiger partial charge is 0.372 e. The summed E-state index contributed by atoms with van der Waals surface area (Å²) >= 11 is 0. The summed E-state index contributed by atoms with van der Waals surface area (Å²) in [5, 5.41) is 2.93. The minimum atomic E-state index is 0.00933. The van der Waals surface area contributed by atoms with Gasteiger partial charge in [0.05, 0.1) is 12.2 Å². The molecule has 0 bridgehead atoms. The zero-order chi connectivity index (χ0) is 13.0. The molecular formula is C14H24N2O2. The van der Waals surface area contributed by atoms with Crippen LogP contribution in [0.4, 0.5) is 4.79 Å². The smallest absolute Gasteiger partial charge is 0.321 e. The zero-order valence-corrected chi connectivity index (χ0v) is 11.4. The molecule has 4 heteroatoms. The second-order valence-corrected chi connectivity index (χ2v) is 5.48. The van der Waals surface area contributed by atoms with Crippen molar-refractivity contribution in [2.45, 2.75) is 58.2 Å². The molecule has 4 nitrogen and oxygen atoms in total. The predicted octanol–water partition coefficient (Wildman–Crippen LogP) is 2.65. The molecule has 18 heavy (non-hydrogen) atoms. The van der Waals surface area contributed by atoms with Gasteiger partial charge >= 0.3 is 6.03 Å². The molecule has 1 aliphatic carbocycles. The topological polar surface area (TPSA) is 41.6 Å². The van der Waals surface area contributed by atoms with Gasteiger partial charge in [0.15, 0.2) is 0 Å². The number of carbonyl (C=O) groups is 1. The summed E-state index contributed by atoms with van der Waals surface area (Å²) in [6, 6.07) is 0.00933. The van der Waals surface area contributed by atoms with Crippen molar-refractivity contribution in [1.29, 1.82) is 0 Å². The van der Waals surface area contributed by atoms with Crippen LogP contribution >= 0.6 is 0 Å². The maximum absolute atomic E-state index is 12.0. The molecule has 0 spiro atoms. The Labute approximate surface area is 109 Å². The van der Waals surface area contributed by atoms with Crippen molar-refractivity contribution in [2.24, 2.45) is 0 Å². The summed E-state index contributed by atoms with van der Waals surface area (Å²) in [7, 11) is 0. The Morgan fingerprint density at radius 1 is 1.22 bits per heavy atom. The van der Waals surface area contributed by atoms with Gasteiger partial charge in [-0.25, -0.2) is 4.79 Å². The quantitative estimate of drug-likeness (QED) is 0.779. The molecule has 1 saturated carbocycles. The highest BCUT2D eigenvalue weighted by molar-refractivity contribution is 5.75. The average molecular weight is 252 g/mol. The second kappa shape index (κ2) is 6.23. The van der Waals surface area contributed by atoms with Crippen LogP contribution in [0.25, 0.3) is 0 Å². The Balaban J connectivity index is 1.83. The first-order chi connectivity index (χ1) is 8.65. The maximum atomic E-state index is 12.0. The van der Waals surface area contributed by atoms with Crippen molar-refractivity contribution in [1.82, 2.24) is 10.2 Å². The molecule has 2 fully saturated rings. The number of morpholine rings is 1. The van der Waals surface area contributed by atoms with E-state index in [4.69, 9.17) is 4.74 Å². The molecule has 0 radical (unpaired) electrons. The average Bonchev–Trinajstić information content (AvgIpc) is 2.36. The lowest BCUT2D eigenvalue weighted by molar-refractivity contribution is -0.0542. The molecule has 2 amide bonds. The molecule has 2 rings (SSSR count). The minimum Gasteiger partial charge on any atom is -0.372 e. The van der Waals surface area contributed by atoms with Gasteiger partial charge in [0, 0.05) is 19.3 Å². The van der Waals surface area contributed by atoms with E-state index in [9.17, 15) is 4.79 Å². The number of hydrogen-bond acceptors (Lipinski definition) is 2. The third kappa shape index (κ3) is 3.73. The standard InChI is InChI=1S/C14H24N2O2/c1-11-9-16(10-12(2)18-11)14(17)15-8-13-6-4-3-5-7-13/h8,11-12H,3-7,9-10H2,1-2H3,(H,15,17). The fourth-order valence-corrected chi connectivity index (χ4v) is 2.75. The van der Waals surface area contributed by atoms with E-state index in [1.54, 1.807) is 0 Å². The number of nitrogens with one attached hydrogen (secondary N) is 1. The van der Waals surface area contributed by atoms with Crippen molar-refractivity contribution in [3.8, 4) is 0 Å². The summed E-state index contributed by atoms with van der Waals surface area (Å²) in [4.78, 5) is 13.9. The van der Waals surface area contributed by atoms with Crippen molar-refractivity contribution in [3.63, 3.8) is 0 Å². The molecule has 2 unspecified atom stereocenters. The van der Waals surface area contributed by atoms with Crippen LogP contribution < -0.4 is 5.32 Å². The van der Waals surface area contributed by atoms with E-state index in [-0.39, 0.29) is 18.2 Å². The molecule has 1 heterocycles. The van der Waals surface area contributed by atoms with Crippen molar-refractivity contribution >= 4 is 6.03 Å². The van der Waals surface area contributed by atoms with Crippen LogP contribution in [0, 0.1) is 0 Å². The highest BCUT2D eigenvalue weighted by Gasteiger charge is 2.25. The SMILES string of the molecule is CC1CN(C(=O)NC=C2CCCCC2)CC(C)O1. The van der Waals surface area contributed by atoms with Gasteiger partial charge in [0.2, 0.25) is 0 Å². The monoisotopic (exact) mass is 252 g/mol. The summed E-state index contributed by atoms with van der Waals surface area (Å²) < 4.78 is 5.62. The fourth-order valence-electron chi connectivity index (χ4n) is 2.75. The molecular weight excluding hydrogens is 228 g/mol. The third-order valence-electron chi connectivity index (χ3n) is 3.60. The van der Waals surface area contributed by atoms with E-state index in [0.29, 0.717) is 13.1 Å². The van der Waals surface area contributed by atoms with Crippen molar-refractivity contribution in [3.05, 3.63) is 11.8 Å². The van der Waals surface area contributed by atoms with Gasteiger partial charge in [-0.3, -0.25) is 0 Å². The Hall–Kier alpha value is -1.03. The van der Waals surface area contributed by atoms with E-state index >= 15 is 0 Å². The Bertz CT molecular complexity index is 310. The predicted molar refractivity (Wildman–Crippen MR) is 71.3 cm³/mol. The van der Waals surface area contributed by atoms with Gasteiger partial charge in [0.25, 0.3) is 0 Å². The molecule has 1 aliphatic heterocycles. The number of urea groups is 1. The van der Waals surface area contributed by atoms with E-state index < -0.39 is 0 Å². The number of amides is 2. The summed E-state index contributed by atoms with van der Waals surface area (Å²) in [6.45, 7) is 5.38. The summed E-state index contributed by atoms with van der Waals surface area (Å²) in [5.74, 6) is 0. The molecule has 2 aliphatic rings. The van der Waals surface area contributed by atoms with E-state index in [1.165, 1.54) is 24.8 Å². The van der Waals surface area contributed by atoms with Gasteiger partial charge in [-0.1, -0.05) is 12.0 Å². The van der Waals surface area contributed by atoms with Crippen LogP contribution in [-0.2, 0) is 4.74 Å². The Morgan fingerprint density at radius 2 is 1.83 bits per heavy atom. The van der Waals surface area contributed by atoms with E-state index in [2.05, 4.69) is 5.32 Å². The fraction of sp³-hybridized carbons (Fsp3) is 0.786. The highest BCUT2D eigenvalue weighted by atomic mass is 16.5. The summed E-state index contributed by atoms with van der Waals surface area (Å²) in [5.41, 5.74) is 1.38. The minimum absolute atomic E-state index is 0.00933.